The fourth-order valence-electron chi connectivity index (χ4n) is 2.53. The minimum atomic E-state index is -0.568. The molecule has 4 nitrogen and oxygen atoms in total. The Morgan fingerprint density at radius 3 is 2.44 bits per heavy atom. The van der Waals surface area contributed by atoms with Crippen LogP contribution in [0.4, 0.5) is 0 Å². The van der Waals surface area contributed by atoms with Crippen LogP contribution in [0.3, 0.4) is 0 Å². The van der Waals surface area contributed by atoms with Gasteiger partial charge < -0.3 is 9.47 Å². The van der Waals surface area contributed by atoms with Gasteiger partial charge in [0.2, 0.25) is 0 Å². The molecule has 0 aliphatic carbocycles. The molecule has 0 amide bonds. The van der Waals surface area contributed by atoms with Crippen LogP contribution < -0.4 is 0 Å². The number of thiophene rings is 1. The van der Waals surface area contributed by atoms with Crippen molar-refractivity contribution >= 4 is 33.4 Å². The van der Waals surface area contributed by atoms with Crippen LogP contribution in [-0.2, 0) is 25.5 Å². The lowest BCUT2D eigenvalue weighted by molar-refractivity contribution is -0.163. The highest BCUT2D eigenvalue weighted by Gasteiger charge is 2.28. The van der Waals surface area contributed by atoms with Crippen molar-refractivity contribution < 1.29 is 19.1 Å². The van der Waals surface area contributed by atoms with Gasteiger partial charge in [-0.1, -0.05) is 18.2 Å². The van der Waals surface area contributed by atoms with E-state index in [-0.39, 0.29) is 24.5 Å². The number of hydrogen-bond acceptors (Lipinski definition) is 5. The Kier molecular flexibility index (Phi) is 6.22. The monoisotopic (exact) mass is 362 g/mol. The minimum absolute atomic E-state index is 0.0249. The predicted octanol–water partition coefficient (Wildman–Crippen LogP) is 4.74. The summed E-state index contributed by atoms with van der Waals surface area (Å²) >= 11 is 1.64. The van der Waals surface area contributed by atoms with Crippen molar-refractivity contribution in [1.29, 1.82) is 0 Å². The van der Waals surface area contributed by atoms with Crippen LogP contribution in [-0.4, -0.2) is 23.6 Å². The molecule has 1 atom stereocenters. The average molecular weight is 362 g/mol. The second-order valence-corrected chi connectivity index (χ2v) is 8.60. The maximum Gasteiger partial charge on any atom is 0.310 e. The van der Waals surface area contributed by atoms with Crippen molar-refractivity contribution in [1.82, 2.24) is 0 Å². The number of esters is 2. The number of ether oxygens (including phenoxy) is 2. The number of hydrogen-bond donors (Lipinski definition) is 0. The summed E-state index contributed by atoms with van der Waals surface area (Å²) in [5.41, 5.74) is -0.568. The first-order valence-electron chi connectivity index (χ1n) is 8.54. The van der Waals surface area contributed by atoms with Gasteiger partial charge in [-0.05, 0) is 58.6 Å². The number of fused-ring (bicyclic) bond motifs is 1. The van der Waals surface area contributed by atoms with E-state index in [2.05, 4.69) is 12.1 Å². The number of benzene rings is 1. The van der Waals surface area contributed by atoms with Gasteiger partial charge in [0.25, 0.3) is 0 Å². The molecule has 2 aromatic rings. The first-order valence-corrected chi connectivity index (χ1v) is 9.35. The van der Waals surface area contributed by atoms with Crippen molar-refractivity contribution in [2.45, 2.75) is 59.2 Å². The van der Waals surface area contributed by atoms with Crippen LogP contribution in [0.2, 0.25) is 0 Å². The molecule has 0 spiro atoms. The Hall–Kier alpha value is -1.88. The highest BCUT2D eigenvalue weighted by Crippen LogP contribution is 2.28. The molecule has 5 heteroatoms. The predicted molar refractivity (Wildman–Crippen MR) is 101 cm³/mol. The molecule has 1 heterocycles. The third-order valence-electron chi connectivity index (χ3n) is 3.44. The lowest BCUT2D eigenvalue weighted by Gasteiger charge is -2.22. The summed E-state index contributed by atoms with van der Waals surface area (Å²) in [7, 11) is 0. The van der Waals surface area contributed by atoms with E-state index in [1.54, 1.807) is 11.3 Å². The zero-order valence-corrected chi connectivity index (χ0v) is 16.3. The maximum atomic E-state index is 12.4. The van der Waals surface area contributed by atoms with Crippen molar-refractivity contribution in [3.05, 3.63) is 35.2 Å². The van der Waals surface area contributed by atoms with Crippen LogP contribution in [0.1, 0.15) is 45.9 Å². The topological polar surface area (TPSA) is 52.6 Å². The standard InChI is InChI=1S/C20H26O4S/c1-13(2)23-19(22)15(12-18(21)24-20(3,4)5)11-16-10-14-8-6-7-9-17(14)25-16/h6-10,13,15H,11-12H2,1-5H3/t15-/m0/s1. The molecule has 0 aliphatic rings. The molecule has 0 saturated heterocycles. The Bertz CT molecular complexity index is 706. The van der Waals surface area contributed by atoms with Gasteiger partial charge in [-0.2, -0.15) is 0 Å². The second-order valence-electron chi connectivity index (χ2n) is 7.43. The summed E-state index contributed by atoms with van der Waals surface area (Å²) in [4.78, 5) is 25.7. The zero-order valence-electron chi connectivity index (χ0n) is 15.5. The van der Waals surface area contributed by atoms with Crippen molar-refractivity contribution in [3.8, 4) is 0 Å². The van der Waals surface area contributed by atoms with Gasteiger partial charge >= 0.3 is 11.9 Å². The molecule has 136 valence electrons. The van der Waals surface area contributed by atoms with Gasteiger partial charge in [-0.3, -0.25) is 9.59 Å². The SMILES string of the molecule is CC(C)OC(=O)[C@H](CC(=O)OC(C)(C)C)Cc1cc2ccccc2s1. The number of carbonyl (C=O) groups excluding carboxylic acids is 2. The van der Waals surface area contributed by atoms with E-state index in [0.717, 1.165) is 10.3 Å². The summed E-state index contributed by atoms with van der Waals surface area (Å²) in [5.74, 6) is -1.26. The second kappa shape index (κ2) is 8.00. The van der Waals surface area contributed by atoms with E-state index >= 15 is 0 Å². The Labute approximate surface area is 153 Å². The van der Waals surface area contributed by atoms with E-state index < -0.39 is 11.5 Å². The van der Waals surface area contributed by atoms with E-state index in [1.165, 1.54) is 4.70 Å². The molecule has 0 N–H and O–H groups in total. The van der Waals surface area contributed by atoms with E-state index in [9.17, 15) is 9.59 Å². The minimum Gasteiger partial charge on any atom is -0.463 e. The molecule has 0 fully saturated rings. The molecule has 0 unspecified atom stereocenters. The summed E-state index contributed by atoms with van der Waals surface area (Å²) in [6, 6.07) is 10.2. The number of carbonyl (C=O) groups is 2. The van der Waals surface area contributed by atoms with Crippen molar-refractivity contribution in [2.24, 2.45) is 5.92 Å². The molecule has 2 rings (SSSR count). The van der Waals surface area contributed by atoms with Crippen LogP contribution in [0.15, 0.2) is 30.3 Å². The van der Waals surface area contributed by atoms with E-state index in [1.807, 2.05) is 52.8 Å². The molecular weight excluding hydrogens is 336 g/mol. The highest BCUT2D eigenvalue weighted by atomic mass is 32.1. The fraction of sp³-hybridized carbons (Fsp3) is 0.500. The molecule has 0 saturated carbocycles. The van der Waals surface area contributed by atoms with Crippen LogP contribution >= 0.6 is 11.3 Å². The van der Waals surface area contributed by atoms with Gasteiger partial charge in [0.15, 0.2) is 0 Å². The van der Waals surface area contributed by atoms with Crippen molar-refractivity contribution in [3.63, 3.8) is 0 Å². The first kappa shape index (κ1) is 19.4. The molecule has 0 aliphatic heterocycles. The van der Waals surface area contributed by atoms with Crippen LogP contribution in [0.5, 0.6) is 0 Å². The maximum absolute atomic E-state index is 12.4. The summed E-state index contributed by atoms with van der Waals surface area (Å²) in [6.45, 7) is 9.07. The normalized spacial score (nSPS) is 13.0. The molecular formula is C20H26O4S. The fourth-order valence-corrected chi connectivity index (χ4v) is 3.68. The molecule has 0 radical (unpaired) electrons. The quantitative estimate of drug-likeness (QED) is 0.696. The van der Waals surface area contributed by atoms with Crippen LogP contribution in [0.25, 0.3) is 10.1 Å². The first-order chi connectivity index (χ1) is 11.6. The molecule has 0 bridgehead atoms. The van der Waals surface area contributed by atoms with E-state index in [0.29, 0.717) is 6.42 Å². The summed E-state index contributed by atoms with van der Waals surface area (Å²) in [6.07, 6.45) is 0.289. The zero-order chi connectivity index (χ0) is 18.6. The summed E-state index contributed by atoms with van der Waals surface area (Å²) < 4.78 is 11.9. The average Bonchev–Trinajstić information content (AvgIpc) is 2.86. The third kappa shape index (κ3) is 6.16. The smallest absolute Gasteiger partial charge is 0.310 e. The van der Waals surface area contributed by atoms with E-state index in [4.69, 9.17) is 9.47 Å². The lowest BCUT2D eigenvalue weighted by atomic mass is 10.00. The van der Waals surface area contributed by atoms with Gasteiger partial charge in [-0.25, -0.2) is 0 Å². The van der Waals surface area contributed by atoms with Crippen molar-refractivity contribution in [2.75, 3.05) is 0 Å². The Morgan fingerprint density at radius 1 is 1.16 bits per heavy atom. The molecule has 1 aromatic heterocycles. The molecule has 1 aromatic carbocycles. The Morgan fingerprint density at radius 2 is 1.84 bits per heavy atom. The van der Waals surface area contributed by atoms with Gasteiger partial charge in [-0.15, -0.1) is 11.3 Å². The van der Waals surface area contributed by atoms with Gasteiger partial charge in [0.05, 0.1) is 18.4 Å². The molecule has 25 heavy (non-hydrogen) atoms. The largest absolute Gasteiger partial charge is 0.463 e. The Balaban J connectivity index is 2.15. The highest BCUT2D eigenvalue weighted by molar-refractivity contribution is 7.19. The van der Waals surface area contributed by atoms with Gasteiger partial charge in [0.1, 0.15) is 5.60 Å². The third-order valence-corrected chi connectivity index (χ3v) is 4.58. The lowest BCUT2D eigenvalue weighted by Crippen LogP contribution is -2.29. The van der Waals surface area contributed by atoms with Gasteiger partial charge in [0, 0.05) is 9.58 Å². The summed E-state index contributed by atoms with van der Waals surface area (Å²) in [5, 5.41) is 1.15. The number of rotatable bonds is 6. The van der Waals surface area contributed by atoms with Crippen LogP contribution in [0, 0.1) is 5.92 Å².